The first-order chi connectivity index (χ1) is 6.04. The smallest absolute Gasteiger partial charge is 0.0480 e. The molecule has 0 spiro atoms. The van der Waals surface area contributed by atoms with E-state index < -0.39 is 0 Å². The summed E-state index contributed by atoms with van der Waals surface area (Å²) in [5.74, 6) is 1.30. The normalized spacial score (nSPS) is 14.1. The van der Waals surface area contributed by atoms with E-state index in [0.29, 0.717) is 12.0 Å². The number of ether oxygens (including phenoxy) is 1. The predicted octanol–water partition coefficient (Wildman–Crippen LogP) is 2.42. The van der Waals surface area contributed by atoms with Crippen LogP contribution in [0.4, 0.5) is 0 Å². The fourth-order valence-corrected chi connectivity index (χ4v) is 0.974. The Kier molecular flexibility index (Phi) is 7.29. The third-order valence-electron chi connectivity index (χ3n) is 2.29. The molecule has 0 amide bonds. The van der Waals surface area contributed by atoms with E-state index in [-0.39, 0.29) is 0 Å². The summed E-state index contributed by atoms with van der Waals surface area (Å²) in [5, 5.41) is 0. The first-order valence-electron chi connectivity index (χ1n) is 5.37. The van der Waals surface area contributed by atoms with Gasteiger partial charge in [0.15, 0.2) is 0 Å². The molecule has 0 saturated heterocycles. The zero-order valence-electron chi connectivity index (χ0n) is 9.55. The molecule has 0 radical (unpaired) electrons. The van der Waals surface area contributed by atoms with Crippen LogP contribution in [0.1, 0.15) is 40.5 Å². The van der Waals surface area contributed by atoms with Crippen molar-refractivity contribution in [2.45, 2.75) is 46.6 Å². The summed E-state index contributed by atoms with van der Waals surface area (Å²) in [7, 11) is 0. The van der Waals surface area contributed by atoms with E-state index in [1.807, 2.05) is 0 Å². The van der Waals surface area contributed by atoms with Crippen molar-refractivity contribution in [3.8, 4) is 0 Å². The molecule has 0 aliphatic heterocycles. The standard InChI is InChI=1S/C11H25NO/c1-9(2)5-7-13-8-6-11(12)10(3)4/h9-11H,5-8,12H2,1-4H3. The minimum Gasteiger partial charge on any atom is -0.381 e. The van der Waals surface area contributed by atoms with Gasteiger partial charge in [0.1, 0.15) is 0 Å². The monoisotopic (exact) mass is 187 g/mol. The minimum absolute atomic E-state index is 0.291. The summed E-state index contributed by atoms with van der Waals surface area (Å²) in [4.78, 5) is 0. The van der Waals surface area contributed by atoms with Crippen LogP contribution in [0.3, 0.4) is 0 Å². The first kappa shape index (κ1) is 12.9. The molecule has 0 aromatic rings. The van der Waals surface area contributed by atoms with Crippen LogP contribution in [0.15, 0.2) is 0 Å². The second kappa shape index (κ2) is 7.34. The molecule has 0 bridgehead atoms. The van der Waals surface area contributed by atoms with Gasteiger partial charge in [-0.3, -0.25) is 0 Å². The van der Waals surface area contributed by atoms with Crippen molar-refractivity contribution in [1.29, 1.82) is 0 Å². The van der Waals surface area contributed by atoms with Crippen molar-refractivity contribution in [3.05, 3.63) is 0 Å². The van der Waals surface area contributed by atoms with Gasteiger partial charge < -0.3 is 10.5 Å². The number of rotatable bonds is 7. The van der Waals surface area contributed by atoms with Crippen LogP contribution >= 0.6 is 0 Å². The molecule has 80 valence electrons. The lowest BCUT2D eigenvalue weighted by Gasteiger charge is -2.15. The van der Waals surface area contributed by atoms with Crippen molar-refractivity contribution in [3.63, 3.8) is 0 Å². The summed E-state index contributed by atoms with van der Waals surface area (Å²) in [5.41, 5.74) is 5.88. The molecule has 13 heavy (non-hydrogen) atoms. The van der Waals surface area contributed by atoms with Crippen LogP contribution in [0.2, 0.25) is 0 Å². The topological polar surface area (TPSA) is 35.2 Å². The Balaban J connectivity index is 3.16. The third-order valence-corrected chi connectivity index (χ3v) is 2.29. The number of hydrogen-bond acceptors (Lipinski definition) is 2. The van der Waals surface area contributed by atoms with Crippen LogP contribution in [-0.4, -0.2) is 19.3 Å². The molecule has 0 aliphatic carbocycles. The van der Waals surface area contributed by atoms with E-state index in [1.54, 1.807) is 0 Å². The van der Waals surface area contributed by atoms with E-state index in [0.717, 1.165) is 32.0 Å². The predicted molar refractivity (Wildman–Crippen MR) is 57.7 cm³/mol. The van der Waals surface area contributed by atoms with Gasteiger partial charge in [-0.15, -0.1) is 0 Å². The molecule has 0 aromatic heterocycles. The average Bonchev–Trinajstić information content (AvgIpc) is 2.02. The highest BCUT2D eigenvalue weighted by molar-refractivity contribution is 4.64. The van der Waals surface area contributed by atoms with Gasteiger partial charge in [0.25, 0.3) is 0 Å². The maximum absolute atomic E-state index is 5.88. The lowest BCUT2D eigenvalue weighted by molar-refractivity contribution is 0.114. The van der Waals surface area contributed by atoms with Crippen LogP contribution in [-0.2, 0) is 4.74 Å². The quantitative estimate of drug-likeness (QED) is 0.621. The lowest BCUT2D eigenvalue weighted by Crippen LogP contribution is -2.27. The molecule has 1 atom stereocenters. The van der Waals surface area contributed by atoms with Crippen LogP contribution in [0, 0.1) is 11.8 Å². The molecule has 1 unspecified atom stereocenters. The van der Waals surface area contributed by atoms with E-state index in [2.05, 4.69) is 27.7 Å². The number of nitrogens with two attached hydrogens (primary N) is 1. The molecule has 2 nitrogen and oxygen atoms in total. The molecule has 2 N–H and O–H groups in total. The van der Waals surface area contributed by atoms with Crippen molar-refractivity contribution >= 4 is 0 Å². The van der Waals surface area contributed by atoms with Crippen LogP contribution in [0.5, 0.6) is 0 Å². The van der Waals surface area contributed by atoms with Gasteiger partial charge in [-0.1, -0.05) is 27.7 Å². The second-order valence-corrected chi connectivity index (χ2v) is 4.49. The minimum atomic E-state index is 0.291. The maximum atomic E-state index is 5.88. The molecule has 0 fully saturated rings. The van der Waals surface area contributed by atoms with Gasteiger partial charge in [0, 0.05) is 19.3 Å². The highest BCUT2D eigenvalue weighted by Crippen LogP contribution is 2.04. The molecule has 2 heteroatoms. The Labute approximate surface area is 82.8 Å². The Morgan fingerprint density at radius 2 is 1.54 bits per heavy atom. The first-order valence-corrected chi connectivity index (χ1v) is 5.37. The summed E-state index contributed by atoms with van der Waals surface area (Å²) >= 11 is 0. The van der Waals surface area contributed by atoms with Crippen molar-refractivity contribution in [2.75, 3.05) is 13.2 Å². The van der Waals surface area contributed by atoms with Crippen LogP contribution < -0.4 is 5.73 Å². The Morgan fingerprint density at radius 1 is 1.00 bits per heavy atom. The Hall–Kier alpha value is -0.0800. The molecule has 0 saturated carbocycles. The van der Waals surface area contributed by atoms with E-state index >= 15 is 0 Å². The largest absolute Gasteiger partial charge is 0.381 e. The maximum Gasteiger partial charge on any atom is 0.0480 e. The van der Waals surface area contributed by atoms with Gasteiger partial charge in [-0.2, -0.15) is 0 Å². The molecule has 0 heterocycles. The highest BCUT2D eigenvalue weighted by atomic mass is 16.5. The lowest BCUT2D eigenvalue weighted by atomic mass is 10.0. The zero-order chi connectivity index (χ0) is 10.3. The van der Waals surface area contributed by atoms with Crippen molar-refractivity contribution < 1.29 is 4.74 Å². The highest BCUT2D eigenvalue weighted by Gasteiger charge is 2.06. The molecule has 0 aliphatic rings. The Bertz CT molecular complexity index is 113. The summed E-state index contributed by atoms with van der Waals surface area (Å²) < 4.78 is 5.49. The average molecular weight is 187 g/mol. The van der Waals surface area contributed by atoms with E-state index in [1.165, 1.54) is 0 Å². The van der Waals surface area contributed by atoms with Crippen LogP contribution in [0.25, 0.3) is 0 Å². The van der Waals surface area contributed by atoms with Gasteiger partial charge in [0.2, 0.25) is 0 Å². The van der Waals surface area contributed by atoms with E-state index in [9.17, 15) is 0 Å². The number of hydrogen-bond donors (Lipinski definition) is 1. The van der Waals surface area contributed by atoms with Crippen molar-refractivity contribution in [2.24, 2.45) is 17.6 Å². The van der Waals surface area contributed by atoms with Gasteiger partial charge in [0.05, 0.1) is 0 Å². The summed E-state index contributed by atoms with van der Waals surface area (Å²) in [6, 6.07) is 0.291. The zero-order valence-corrected chi connectivity index (χ0v) is 9.55. The SMILES string of the molecule is CC(C)CCOCCC(N)C(C)C. The van der Waals surface area contributed by atoms with Crippen molar-refractivity contribution in [1.82, 2.24) is 0 Å². The van der Waals surface area contributed by atoms with Gasteiger partial charge in [-0.25, -0.2) is 0 Å². The molecule has 0 rings (SSSR count). The summed E-state index contributed by atoms with van der Waals surface area (Å²) in [6.07, 6.45) is 2.13. The fraction of sp³-hybridized carbons (Fsp3) is 1.00. The van der Waals surface area contributed by atoms with Gasteiger partial charge >= 0.3 is 0 Å². The van der Waals surface area contributed by atoms with E-state index in [4.69, 9.17) is 10.5 Å². The summed E-state index contributed by atoms with van der Waals surface area (Å²) in [6.45, 7) is 10.4. The molecular weight excluding hydrogens is 162 g/mol. The fourth-order valence-electron chi connectivity index (χ4n) is 0.974. The molecular formula is C11H25NO. The molecule has 0 aromatic carbocycles. The Morgan fingerprint density at radius 3 is 2.00 bits per heavy atom. The third kappa shape index (κ3) is 8.26. The second-order valence-electron chi connectivity index (χ2n) is 4.49. The van der Waals surface area contributed by atoms with Gasteiger partial charge in [-0.05, 0) is 24.7 Å².